The maximum atomic E-state index is 13.3. The smallest absolute Gasteiger partial charge is 0.334 e. The van der Waals surface area contributed by atoms with Gasteiger partial charge < -0.3 is 14.4 Å². The second-order valence-corrected chi connectivity index (χ2v) is 9.76. The number of nitrogens with zero attached hydrogens (tertiary/aromatic N) is 1. The van der Waals surface area contributed by atoms with E-state index in [9.17, 15) is 9.59 Å². The zero-order valence-electron chi connectivity index (χ0n) is 19.7. The van der Waals surface area contributed by atoms with Crippen LogP contribution >= 0.6 is 23.4 Å². The molecular weight excluding hydrogens is 470 g/mol. The Morgan fingerprint density at radius 2 is 1.56 bits per heavy atom. The van der Waals surface area contributed by atoms with Gasteiger partial charge in [0.25, 0.3) is 0 Å². The van der Waals surface area contributed by atoms with Crippen molar-refractivity contribution in [1.82, 2.24) is 0 Å². The quantitative estimate of drug-likeness (QED) is 0.202. The van der Waals surface area contributed by atoms with Crippen LogP contribution in [-0.4, -0.2) is 38.0 Å². The van der Waals surface area contributed by atoms with Gasteiger partial charge in [0.2, 0.25) is 4.75 Å². The fourth-order valence-corrected chi connectivity index (χ4v) is 5.39. The Kier molecular flexibility index (Phi) is 8.64. The van der Waals surface area contributed by atoms with E-state index in [0.717, 1.165) is 28.6 Å². The summed E-state index contributed by atoms with van der Waals surface area (Å²) in [5.74, 6) is -1.36. The van der Waals surface area contributed by atoms with Gasteiger partial charge in [-0.05, 0) is 42.8 Å². The largest absolute Gasteiger partial charge is 0.468 e. The number of aryl methyl sites for hydroxylation is 1. The standard InChI is InChI=1S/C27H28ClNO4S/c1-19-13-15-22(16-14-19)29(2)24(20-9-6-5-7-10-20)18-27(25(30)32-3,26(31)33-4)34-23-12-8-11-21(28)17-23/h5-17,24H,18H2,1-4H3. The number of thioether (sulfide) groups is 1. The van der Waals surface area contributed by atoms with Crippen molar-refractivity contribution in [2.45, 2.75) is 29.0 Å². The molecule has 0 N–H and O–H groups in total. The summed E-state index contributed by atoms with van der Waals surface area (Å²) >= 11 is 7.29. The van der Waals surface area contributed by atoms with Crippen molar-refractivity contribution >= 4 is 41.0 Å². The van der Waals surface area contributed by atoms with Gasteiger partial charge in [-0.15, -0.1) is 0 Å². The van der Waals surface area contributed by atoms with E-state index in [-0.39, 0.29) is 12.5 Å². The summed E-state index contributed by atoms with van der Waals surface area (Å²) in [5.41, 5.74) is 3.05. The predicted octanol–water partition coefficient (Wildman–Crippen LogP) is 6.09. The van der Waals surface area contributed by atoms with Crippen LogP contribution in [0.3, 0.4) is 0 Å². The molecule has 3 aromatic rings. The van der Waals surface area contributed by atoms with Gasteiger partial charge in [0.05, 0.1) is 20.3 Å². The second-order valence-electron chi connectivity index (χ2n) is 7.95. The first-order chi connectivity index (χ1) is 16.3. The topological polar surface area (TPSA) is 55.8 Å². The molecule has 5 nitrogen and oxygen atoms in total. The van der Waals surface area contributed by atoms with Crippen LogP contribution in [0.1, 0.15) is 23.6 Å². The molecule has 0 aliphatic heterocycles. The molecule has 3 rings (SSSR count). The lowest BCUT2D eigenvalue weighted by Gasteiger charge is -2.37. The number of ether oxygens (including phenoxy) is 2. The Balaban J connectivity index is 2.13. The van der Waals surface area contributed by atoms with Crippen LogP contribution in [0, 0.1) is 6.92 Å². The number of benzene rings is 3. The van der Waals surface area contributed by atoms with Gasteiger partial charge >= 0.3 is 11.9 Å². The molecule has 0 amide bonds. The lowest BCUT2D eigenvalue weighted by atomic mass is 9.92. The van der Waals surface area contributed by atoms with E-state index in [1.165, 1.54) is 14.2 Å². The monoisotopic (exact) mass is 497 g/mol. The SMILES string of the molecule is COC(=O)C(CC(c1ccccc1)N(C)c1ccc(C)cc1)(Sc1cccc(Cl)c1)C(=O)OC. The van der Waals surface area contributed by atoms with E-state index in [0.29, 0.717) is 9.92 Å². The average molecular weight is 498 g/mol. The van der Waals surface area contributed by atoms with Gasteiger partial charge in [0.15, 0.2) is 0 Å². The van der Waals surface area contributed by atoms with Gasteiger partial charge in [0, 0.05) is 29.1 Å². The number of halogens is 1. The van der Waals surface area contributed by atoms with Crippen LogP contribution in [0.4, 0.5) is 5.69 Å². The van der Waals surface area contributed by atoms with Crippen molar-refractivity contribution in [2.24, 2.45) is 0 Å². The molecule has 0 aliphatic carbocycles. The van der Waals surface area contributed by atoms with Crippen LogP contribution in [-0.2, 0) is 19.1 Å². The molecule has 1 unspecified atom stereocenters. The summed E-state index contributed by atoms with van der Waals surface area (Å²) in [4.78, 5) is 29.3. The van der Waals surface area contributed by atoms with Crippen molar-refractivity contribution < 1.29 is 19.1 Å². The Morgan fingerprint density at radius 3 is 2.12 bits per heavy atom. The number of hydrogen-bond donors (Lipinski definition) is 0. The highest BCUT2D eigenvalue weighted by molar-refractivity contribution is 8.02. The zero-order chi connectivity index (χ0) is 24.7. The molecule has 0 aliphatic rings. The van der Waals surface area contributed by atoms with E-state index >= 15 is 0 Å². The number of rotatable bonds is 9. The molecule has 0 saturated heterocycles. The van der Waals surface area contributed by atoms with Gasteiger partial charge in [-0.3, -0.25) is 0 Å². The van der Waals surface area contributed by atoms with Gasteiger partial charge in [-0.25, -0.2) is 9.59 Å². The van der Waals surface area contributed by atoms with Crippen LogP contribution in [0.5, 0.6) is 0 Å². The van der Waals surface area contributed by atoms with Crippen LogP contribution in [0.15, 0.2) is 83.8 Å². The van der Waals surface area contributed by atoms with E-state index in [4.69, 9.17) is 21.1 Å². The summed E-state index contributed by atoms with van der Waals surface area (Å²) in [6, 6.07) is 24.6. The summed E-state index contributed by atoms with van der Waals surface area (Å²) in [7, 11) is 4.51. The first-order valence-corrected chi connectivity index (χ1v) is 12.0. The second kappa shape index (κ2) is 11.4. The molecule has 178 valence electrons. The minimum atomic E-state index is -1.66. The van der Waals surface area contributed by atoms with E-state index < -0.39 is 16.7 Å². The van der Waals surface area contributed by atoms with Gasteiger partial charge in [0.1, 0.15) is 0 Å². The van der Waals surface area contributed by atoms with Crippen molar-refractivity contribution in [2.75, 3.05) is 26.2 Å². The molecule has 0 heterocycles. The van der Waals surface area contributed by atoms with Crippen LogP contribution < -0.4 is 4.90 Å². The van der Waals surface area contributed by atoms with Crippen LogP contribution in [0.2, 0.25) is 5.02 Å². The molecule has 0 bridgehead atoms. The number of methoxy groups -OCH3 is 2. The molecule has 1 atom stereocenters. The summed E-state index contributed by atoms with van der Waals surface area (Å²) < 4.78 is 8.67. The predicted molar refractivity (Wildman–Crippen MR) is 137 cm³/mol. The zero-order valence-corrected chi connectivity index (χ0v) is 21.2. The van der Waals surface area contributed by atoms with E-state index in [2.05, 4.69) is 4.90 Å². The number of anilines is 1. The summed E-state index contributed by atoms with van der Waals surface area (Å²) in [5, 5.41) is 0.505. The normalized spacial score (nSPS) is 12.0. The lowest BCUT2D eigenvalue weighted by Crippen LogP contribution is -2.48. The number of carbonyl (C=O) groups excluding carboxylic acids is 2. The third-order valence-electron chi connectivity index (χ3n) is 5.69. The minimum absolute atomic E-state index is 0.109. The Hall–Kier alpha value is -2.96. The van der Waals surface area contributed by atoms with Crippen molar-refractivity contribution in [1.29, 1.82) is 0 Å². The van der Waals surface area contributed by atoms with Crippen molar-refractivity contribution in [3.8, 4) is 0 Å². The maximum absolute atomic E-state index is 13.3. The Labute approximate surface area is 210 Å². The molecular formula is C27H28ClNO4S. The molecule has 0 saturated carbocycles. The fraction of sp³-hybridized carbons (Fsp3) is 0.259. The highest BCUT2D eigenvalue weighted by Crippen LogP contribution is 2.44. The Morgan fingerprint density at radius 1 is 0.941 bits per heavy atom. The minimum Gasteiger partial charge on any atom is -0.468 e. The first kappa shape index (κ1) is 25.7. The van der Waals surface area contributed by atoms with Crippen molar-refractivity contribution in [3.63, 3.8) is 0 Å². The molecule has 0 aromatic heterocycles. The van der Waals surface area contributed by atoms with Crippen LogP contribution in [0.25, 0.3) is 0 Å². The highest BCUT2D eigenvalue weighted by Gasteiger charge is 2.52. The maximum Gasteiger partial charge on any atom is 0.334 e. The molecule has 0 spiro atoms. The van der Waals surface area contributed by atoms with Crippen molar-refractivity contribution in [3.05, 3.63) is 95.0 Å². The number of hydrogen-bond acceptors (Lipinski definition) is 6. The fourth-order valence-electron chi connectivity index (χ4n) is 3.82. The molecule has 7 heteroatoms. The summed E-state index contributed by atoms with van der Waals surface area (Å²) in [6.07, 6.45) is 0.109. The van der Waals surface area contributed by atoms with Gasteiger partial charge in [-0.2, -0.15) is 0 Å². The van der Waals surface area contributed by atoms with E-state index in [1.807, 2.05) is 68.6 Å². The molecule has 3 aromatic carbocycles. The third kappa shape index (κ3) is 5.75. The lowest BCUT2D eigenvalue weighted by molar-refractivity contribution is -0.156. The third-order valence-corrected chi connectivity index (χ3v) is 7.27. The number of esters is 2. The summed E-state index contributed by atoms with van der Waals surface area (Å²) in [6.45, 7) is 2.03. The average Bonchev–Trinajstić information content (AvgIpc) is 2.86. The number of carbonyl (C=O) groups is 2. The Bertz CT molecular complexity index is 1100. The van der Waals surface area contributed by atoms with Gasteiger partial charge in [-0.1, -0.05) is 77.5 Å². The van der Waals surface area contributed by atoms with E-state index in [1.54, 1.807) is 24.3 Å². The molecule has 0 radical (unpaired) electrons. The molecule has 0 fully saturated rings. The molecule has 34 heavy (non-hydrogen) atoms. The first-order valence-electron chi connectivity index (χ1n) is 10.8. The highest BCUT2D eigenvalue weighted by atomic mass is 35.5.